The van der Waals surface area contributed by atoms with Crippen LogP contribution in [0.4, 0.5) is 5.82 Å². The van der Waals surface area contributed by atoms with Crippen molar-refractivity contribution in [2.24, 2.45) is 0 Å². The van der Waals surface area contributed by atoms with Gasteiger partial charge in [-0.05, 0) is 43.0 Å². The molecule has 3 aromatic rings. The lowest BCUT2D eigenvalue weighted by Crippen LogP contribution is -2.03. The van der Waals surface area contributed by atoms with Crippen molar-refractivity contribution in [1.29, 1.82) is 0 Å². The normalized spacial score (nSPS) is 11.1. The van der Waals surface area contributed by atoms with E-state index in [-0.39, 0.29) is 0 Å². The van der Waals surface area contributed by atoms with Crippen LogP contribution in [0, 0.1) is 13.8 Å². The summed E-state index contributed by atoms with van der Waals surface area (Å²) in [6, 6.07) is 7.89. The van der Waals surface area contributed by atoms with Crippen molar-refractivity contribution < 1.29 is 0 Å². The Hall–Kier alpha value is -2.00. The number of benzene rings is 1. The number of aromatic nitrogens is 2. The smallest absolute Gasteiger partial charge is 0.150 e. The maximum absolute atomic E-state index is 6.24. The minimum absolute atomic E-state index is 0.659. The highest BCUT2D eigenvalue weighted by Crippen LogP contribution is 2.30. The van der Waals surface area contributed by atoms with Gasteiger partial charge in [0.1, 0.15) is 0 Å². The minimum atomic E-state index is 0.659. The van der Waals surface area contributed by atoms with Gasteiger partial charge in [0.15, 0.2) is 5.82 Å². The van der Waals surface area contributed by atoms with Crippen molar-refractivity contribution in [2.45, 2.75) is 40.2 Å². The maximum Gasteiger partial charge on any atom is 0.150 e. The van der Waals surface area contributed by atoms with Crippen molar-refractivity contribution in [3.8, 4) is 0 Å². The fourth-order valence-electron chi connectivity index (χ4n) is 2.98. The molecule has 0 amide bonds. The Labute approximate surface area is 142 Å². The van der Waals surface area contributed by atoms with Crippen LogP contribution < -0.4 is 5.32 Å². The topological polar surface area (TPSA) is 40.7 Å². The summed E-state index contributed by atoms with van der Waals surface area (Å²) in [5, 5.41) is 5.51. The lowest BCUT2D eigenvalue weighted by molar-refractivity contribution is 0.922. The van der Waals surface area contributed by atoms with Gasteiger partial charge in [-0.2, -0.15) is 0 Å². The number of anilines is 1. The Morgan fingerprint density at radius 1 is 1.17 bits per heavy atom. The van der Waals surface area contributed by atoms with Crippen molar-refractivity contribution in [2.75, 3.05) is 5.32 Å². The number of pyridine rings is 1. The van der Waals surface area contributed by atoms with Gasteiger partial charge in [-0.25, -0.2) is 4.98 Å². The molecular weight excluding hydrogens is 306 g/mol. The van der Waals surface area contributed by atoms with Gasteiger partial charge in [0, 0.05) is 28.8 Å². The summed E-state index contributed by atoms with van der Waals surface area (Å²) in [5.74, 6) is 0.885. The molecule has 3 rings (SSSR count). The number of rotatable bonds is 5. The number of fused-ring (bicyclic) bond motifs is 1. The van der Waals surface area contributed by atoms with Gasteiger partial charge in [0.2, 0.25) is 0 Å². The van der Waals surface area contributed by atoms with E-state index in [0.29, 0.717) is 6.54 Å². The number of H-pyrrole nitrogens is 1. The second kappa shape index (κ2) is 6.63. The number of hydrogen-bond donors (Lipinski definition) is 2. The molecule has 2 heterocycles. The Balaban J connectivity index is 1.97. The molecule has 0 radical (unpaired) electrons. The van der Waals surface area contributed by atoms with E-state index in [2.05, 4.69) is 36.1 Å². The zero-order chi connectivity index (χ0) is 16.4. The van der Waals surface area contributed by atoms with Gasteiger partial charge >= 0.3 is 0 Å². The summed E-state index contributed by atoms with van der Waals surface area (Å²) in [7, 11) is 0. The first kappa shape index (κ1) is 15.9. The fourth-order valence-corrected chi connectivity index (χ4v) is 3.19. The molecule has 3 nitrogen and oxygen atoms in total. The van der Waals surface area contributed by atoms with Gasteiger partial charge in [0.05, 0.1) is 5.52 Å². The van der Waals surface area contributed by atoms with E-state index in [1.54, 1.807) is 0 Å². The summed E-state index contributed by atoms with van der Waals surface area (Å²) in [5.41, 5.74) is 5.99. The molecule has 120 valence electrons. The Morgan fingerprint density at radius 3 is 2.70 bits per heavy atom. The molecule has 23 heavy (non-hydrogen) atoms. The molecule has 0 saturated heterocycles. The number of nitrogens with zero attached hydrogens (tertiary/aromatic N) is 1. The van der Waals surface area contributed by atoms with Crippen molar-refractivity contribution in [3.05, 3.63) is 57.9 Å². The largest absolute Gasteiger partial charge is 0.364 e. The van der Waals surface area contributed by atoms with Crippen LogP contribution in [0.25, 0.3) is 10.9 Å². The highest BCUT2D eigenvalue weighted by atomic mass is 35.5. The van der Waals surface area contributed by atoms with E-state index in [1.807, 2.05) is 30.5 Å². The zero-order valence-corrected chi connectivity index (χ0v) is 14.6. The lowest BCUT2D eigenvalue weighted by Gasteiger charge is -2.10. The van der Waals surface area contributed by atoms with Crippen LogP contribution >= 0.6 is 11.6 Å². The molecule has 0 fully saturated rings. The number of halogens is 1. The Morgan fingerprint density at radius 2 is 1.96 bits per heavy atom. The van der Waals surface area contributed by atoms with E-state index >= 15 is 0 Å². The lowest BCUT2D eigenvalue weighted by atomic mass is 10.0. The van der Waals surface area contributed by atoms with E-state index in [4.69, 9.17) is 11.6 Å². The van der Waals surface area contributed by atoms with Gasteiger partial charge in [-0.3, -0.25) is 0 Å². The first-order valence-corrected chi connectivity index (χ1v) is 8.43. The van der Waals surface area contributed by atoms with Gasteiger partial charge < -0.3 is 10.3 Å². The van der Waals surface area contributed by atoms with Crippen molar-refractivity contribution in [3.63, 3.8) is 0 Å². The molecule has 0 aliphatic rings. The van der Waals surface area contributed by atoms with Crippen LogP contribution in [-0.4, -0.2) is 9.97 Å². The monoisotopic (exact) mass is 327 g/mol. The summed E-state index contributed by atoms with van der Waals surface area (Å²) in [6.07, 6.45) is 4.17. The third kappa shape index (κ3) is 3.06. The Bertz CT molecular complexity index is 836. The standard InChI is InChI=1S/C19H22ClN3/c1-4-7-15-11-22-19(18-17(15)12(2)13(3)23-18)21-10-14-8-5-6-9-16(14)20/h5-6,8-9,11,23H,4,7,10H2,1-3H3,(H,21,22). The third-order valence-corrected chi connectivity index (χ3v) is 4.70. The van der Waals surface area contributed by atoms with E-state index in [1.165, 1.54) is 22.2 Å². The van der Waals surface area contributed by atoms with Crippen LogP contribution in [0.3, 0.4) is 0 Å². The predicted octanol–water partition coefficient (Wildman–Crippen LogP) is 5.40. The second-order valence-corrected chi connectivity index (χ2v) is 6.36. The zero-order valence-electron chi connectivity index (χ0n) is 13.8. The van der Waals surface area contributed by atoms with E-state index in [0.717, 1.165) is 34.8 Å². The quantitative estimate of drug-likeness (QED) is 0.659. The first-order chi connectivity index (χ1) is 11.1. The molecule has 2 N–H and O–H groups in total. The molecule has 2 aromatic heterocycles. The minimum Gasteiger partial charge on any atom is -0.364 e. The summed E-state index contributed by atoms with van der Waals surface area (Å²) < 4.78 is 0. The Kier molecular flexibility index (Phi) is 4.58. The molecular formula is C19H22ClN3. The number of aryl methyl sites for hydroxylation is 3. The number of hydrogen-bond acceptors (Lipinski definition) is 2. The van der Waals surface area contributed by atoms with Crippen LogP contribution in [0.15, 0.2) is 30.5 Å². The van der Waals surface area contributed by atoms with E-state index < -0.39 is 0 Å². The van der Waals surface area contributed by atoms with Crippen LogP contribution in [0.1, 0.15) is 35.7 Å². The molecule has 1 aromatic carbocycles. The van der Waals surface area contributed by atoms with Gasteiger partial charge in [-0.15, -0.1) is 0 Å². The predicted molar refractivity (Wildman–Crippen MR) is 98.3 cm³/mol. The van der Waals surface area contributed by atoms with Crippen LogP contribution in [0.2, 0.25) is 5.02 Å². The highest BCUT2D eigenvalue weighted by molar-refractivity contribution is 6.31. The number of nitrogens with one attached hydrogen (secondary N) is 2. The second-order valence-electron chi connectivity index (χ2n) is 5.95. The molecule has 0 unspecified atom stereocenters. The van der Waals surface area contributed by atoms with Gasteiger partial charge in [0.25, 0.3) is 0 Å². The SMILES string of the molecule is CCCc1cnc(NCc2ccccc2Cl)c2[nH]c(C)c(C)c12. The first-order valence-electron chi connectivity index (χ1n) is 8.05. The fraction of sp³-hybridized carbons (Fsp3) is 0.316. The van der Waals surface area contributed by atoms with Crippen molar-refractivity contribution >= 4 is 28.3 Å². The van der Waals surface area contributed by atoms with E-state index in [9.17, 15) is 0 Å². The van der Waals surface area contributed by atoms with Crippen LogP contribution in [0.5, 0.6) is 0 Å². The third-order valence-electron chi connectivity index (χ3n) is 4.33. The summed E-state index contributed by atoms with van der Waals surface area (Å²) in [4.78, 5) is 8.13. The maximum atomic E-state index is 6.24. The average molecular weight is 328 g/mol. The summed E-state index contributed by atoms with van der Waals surface area (Å²) >= 11 is 6.24. The van der Waals surface area contributed by atoms with Crippen LogP contribution in [-0.2, 0) is 13.0 Å². The number of aromatic amines is 1. The van der Waals surface area contributed by atoms with Crippen molar-refractivity contribution in [1.82, 2.24) is 9.97 Å². The summed E-state index contributed by atoms with van der Waals surface area (Å²) in [6.45, 7) is 7.14. The molecule has 0 aliphatic carbocycles. The molecule has 0 aliphatic heterocycles. The molecule has 0 spiro atoms. The molecule has 4 heteroatoms. The molecule has 0 atom stereocenters. The average Bonchev–Trinajstić information content (AvgIpc) is 2.84. The molecule has 0 bridgehead atoms. The molecule has 0 saturated carbocycles. The highest BCUT2D eigenvalue weighted by Gasteiger charge is 2.13. The van der Waals surface area contributed by atoms with Gasteiger partial charge in [-0.1, -0.05) is 43.1 Å².